The van der Waals surface area contributed by atoms with Crippen LogP contribution in [0.5, 0.6) is 0 Å². The summed E-state index contributed by atoms with van der Waals surface area (Å²) in [5.74, 6) is 1.33. The molecule has 130 valence electrons. The number of rotatable bonds is 5. The summed E-state index contributed by atoms with van der Waals surface area (Å²) in [6, 6.07) is -0.0789. The van der Waals surface area contributed by atoms with Crippen molar-refractivity contribution >= 4 is 11.8 Å². The molecule has 0 radical (unpaired) electrons. The van der Waals surface area contributed by atoms with E-state index in [-0.39, 0.29) is 35.2 Å². The first-order chi connectivity index (χ1) is 10.6. The first-order valence-corrected chi connectivity index (χ1v) is 9.20. The Balaban J connectivity index is 1.70. The van der Waals surface area contributed by atoms with Crippen LogP contribution in [-0.2, 0) is 9.59 Å². The summed E-state index contributed by atoms with van der Waals surface area (Å²) in [5.41, 5.74) is 0.568. The first-order valence-electron chi connectivity index (χ1n) is 9.20. The predicted molar refractivity (Wildman–Crippen MR) is 90.7 cm³/mol. The molecule has 3 aliphatic rings. The second-order valence-electron chi connectivity index (χ2n) is 9.29. The highest BCUT2D eigenvalue weighted by Gasteiger charge is 2.74. The first kappa shape index (κ1) is 16.8. The van der Waals surface area contributed by atoms with Crippen molar-refractivity contribution in [3.8, 4) is 0 Å². The zero-order valence-electron chi connectivity index (χ0n) is 15.5. The lowest BCUT2D eigenvalue weighted by atomic mass is 9.95. The van der Waals surface area contributed by atoms with Gasteiger partial charge in [-0.1, -0.05) is 34.6 Å². The van der Waals surface area contributed by atoms with Crippen LogP contribution in [-0.4, -0.2) is 35.3 Å². The van der Waals surface area contributed by atoms with Crippen molar-refractivity contribution in [3.63, 3.8) is 0 Å². The number of nitrogens with one attached hydrogen (secondary N) is 1. The van der Waals surface area contributed by atoms with Crippen LogP contribution in [0.2, 0.25) is 0 Å². The molecule has 2 aliphatic carbocycles. The van der Waals surface area contributed by atoms with E-state index < -0.39 is 0 Å². The van der Waals surface area contributed by atoms with Crippen LogP contribution in [0, 0.1) is 28.6 Å². The molecular weight excluding hydrogens is 288 g/mol. The summed E-state index contributed by atoms with van der Waals surface area (Å²) in [6.07, 6.45) is 2.68. The number of likely N-dealkylation sites (tertiary alicyclic amines) is 1. The molecule has 0 bridgehead atoms. The van der Waals surface area contributed by atoms with Crippen molar-refractivity contribution in [2.75, 3.05) is 6.54 Å². The molecule has 0 aromatic rings. The third kappa shape index (κ3) is 2.58. The minimum Gasteiger partial charge on any atom is -0.344 e. The van der Waals surface area contributed by atoms with Crippen LogP contribution < -0.4 is 5.32 Å². The number of hydrogen-bond acceptors (Lipinski definition) is 2. The molecule has 0 spiro atoms. The summed E-state index contributed by atoms with van der Waals surface area (Å²) >= 11 is 0. The Morgan fingerprint density at radius 3 is 2.26 bits per heavy atom. The number of carbonyl (C=O) groups is 2. The SMILES string of the molecule is CC(C)C[C@H](NC(=O)C1CC1)C(=O)N1C[C@@]2(C)[C@@H]([C@H]1C)C2(C)C. The normalized spacial score (nSPS) is 35.9. The Morgan fingerprint density at radius 1 is 1.22 bits per heavy atom. The Bertz CT molecular complexity index is 523. The van der Waals surface area contributed by atoms with Crippen molar-refractivity contribution in [2.24, 2.45) is 28.6 Å². The Kier molecular flexibility index (Phi) is 3.81. The molecule has 1 aliphatic heterocycles. The van der Waals surface area contributed by atoms with Gasteiger partial charge in [0.05, 0.1) is 0 Å². The average Bonchev–Trinajstić information content (AvgIpc) is 3.30. The van der Waals surface area contributed by atoms with Crippen LogP contribution in [0.25, 0.3) is 0 Å². The largest absolute Gasteiger partial charge is 0.344 e. The van der Waals surface area contributed by atoms with Crippen molar-refractivity contribution in [3.05, 3.63) is 0 Å². The van der Waals surface area contributed by atoms with Gasteiger partial charge in [-0.05, 0) is 48.9 Å². The van der Waals surface area contributed by atoms with Gasteiger partial charge < -0.3 is 10.2 Å². The van der Waals surface area contributed by atoms with E-state index in [1.165, 1.54) is 0 Å². The molecule has 2 saturated carbocycles. The van der Waals surface area contributed by atoms with E-state index >= 15 is 0 Å². The number of piperidine rings is 1. The van der Waals surface area contributed by atoms with Crippen molar-refractivity contribution in [1.29, 1.82) is 0 Å². The molecule has 3 fully saturated rings. The zero-order chi connectivity index (χ0) is 17.2. The van der Waals surface area contributed by atoms with E-state index in [0.717, 1.165) is 25.8 Å². The van der Waals surface area contributed by atoms with Crippen LogP contribution in [0.3, 0.4) is 0 Å². The predicted octanol–water partition coefficient (Wildman–Crippen LogP) is 2.82. The van der Waals surface area contributed by atoms with Gasteiger partial charge in [-0.3, -0.25) is 9.59 Å². The third-order valence-electron chi connectivity index (χ3n) is 6.88. The minimum atomic E-state index is -0.352. The van der Waals surface area contributed by atoms with Gasteiger partial charge in [-0.2, -0.15) is 0 Å². The Hall–Kier alpha value is -1.06. The van der Waals surface area contributed by atoms with Gasteiger partial charge in [0, 0.05) is 18.5 Å². The van der Waals surface area contributed by atoms with Gasteiger partial charge in [-0.25, -0.2) is 0 Å². The fraction of sp³-hybridized carbons (Fsp3) is 0.895. The molecule has 3 rings (SSSR count). The van der Waals surface area contributed by atoms with E-state index in [9.17, 15) is 9.59 Å². The summed E-state index contributed by atoms with van der Waals surface area (Å²) in [5, 5.41) is 3.04. The van der Waals surface area contributed by atoms with Crippen LogP contribution in [0.1, 0.15) is 60.8 Å². The van der Waals surface area contributed by atoms with Gasteiger partial charge in [0.2, 0.25) is 11.8 Å². The Morgan fingerprint density at radius 2 is 1.83 bits per heavy atom. The van der Waals surface area contributed by atoms with Crippen molar-refractivity contribution < 1.29 is 9.59 Å². The number of hydrogen-bond donors (Lipinski definition) is 1. The van der Waals surface area contributed by atoms with Crippen molar-refractivity contribution in [1.82, 2.24) is 10.2 Å². The minimum absolute atomic E-state index is 0.0764. The van der Waals surface area contributed by atoms with E-state index in [1.807, 2.05) is 4.90 Å². The number of amides is 2. The van der Waals surface area contributed by atoms with Gasteiger partial charge >= 0.3 is 0 Å². The fourth-order valence-corrected chi connectivity index (χ4v) is 5.04. The molecule has 23 heavy (non-hydrogen) atoms. The monoisotopic (exact) mass is 320 g/mol. The summed E-state index contributed by atoms with van der Waals surface area (Å²) in [7, 11) is 0. The lowest BCUT2D eigenvalue weighted by Gasteiger charge is -2.33. The molecular formula is C19H32N2O2. The van der Waals surface area contributed by atoms with Crippen molar-refractivity contribution in [2.45, 2.75) is 72.9 Å². The Labute approximate surface area is 140 Å². The molecule has 1 saturated heterocycles. The molecule has 0 aromatic carbocycles. The molecule has 0 unspecified atom stereocenters. The standard InChI is InChI=1S/C19H32N2O2/c1-11(2)9-14(20-16(22)13-7-8-13)17(23)21-10-19(6)15(12(21)3)18(19,4)5/h11-15H,7-10H2,1-6H3,(H,20,22)/t12-,14+,15+,19+/m1/s1. The maximum atomic E-state index is 13.1. The smallest absolute Gasteiger partial charge is 0.245 e. The number of carbonyl (C=O) groups excluding carboxylic acids is 2. The topological polar surface area (TPSA) is 49.4 Å². The van der Waals surface area contributed by atoms with Gasteiger partial charge in [0.1, 0.15) is 6.04 Å². The highest BCUT2D eigenvalue weighted by atomic mass is 16.2. The van der Waals surface area contributed by atoms with E-state index in [2.05, 4.69) is 46.9 Å². The fourth-order valence-electron chi connectivity index (χ4n) is 5.04. The number of nitrogens with zero attached hydrogens (tertiary/aromatic N) is 1. The highest BCUT2D eigenvalue weighted by molar-refractivity contribution is 5.90. The van der Waals surface area contributed by atoms with Crippen LogP contribution >= 0.6 is 0 Å². The second-order valence-corrected chi connectivity index (χ2v) is 9.29. The maximum Gasteiger partial charge on any atom is 0.245 e. The molecule has 4 atom stereocenters. The molecule has 4 heteroatoms. The highest BCUT2D eigenvalue weighted by Crippen LogP contribution is 2.74. The molecule has 4 nitrogen and oxygen atoms in total. The van der Waals surface area contributed by atoms with E-state index in [4.69, 9.17) is 0 Å². The summed E-state index contributed by atoms with van der Waals surface area (Å²) < 4.78 is 0. The molecule has 0 aromatic heterocycles. The average molecular weight is 320 g/mol. The van der Waals surface area contributed by atoms with Crippen LogP contribution in [0.15, 0.2) is 0 Å². The van der Waals surface area contributed by atoms with Crippen LogP contribution in [0.4, 0.5) is 0 Å². The third-order valence-corrected chi connectivity index (χ3v) is 6.88. The molecule has 1 N–H and O–H groups in total. The lowest BCUT2D eigenvalue weighted by molar-refractivity contribution is -0.139. The van der Waals surface area contributed by atoms with Gasteiger partial charge in [0.25, 0.3) is 0 Å². The molecule has 2 amide bonds. The number of fused-ring (bicyclic) bond motifs is 1. The zero-order valence-corrected chi connectivity index (χ0v) is 15.5. The second kappa shape index (κ2) is 5.22. The maximum absolute atomic E-state index is 13.1. The summed E-state index contributed by atoms with van der Waals surface area (Å²) in [4.78, 5) is 27.3. The van der Waals surface area contributed by atoms with Gasteiger partial charge in [0.15, 0.2) is 0 Å². The lowest BCUT2D eigenvalue weighted by Crippen LogP contribution is -2.52. The summed E-state index contributed by atoms with van der Waals surface area (Å²) in [6.45, 7) is 14.2. The van der Waals surface area contributed by atoms with Gasteiger partial charge in [-0.15, -0.1) is 0 Å². The molecule has 1 heterocycles. The van der Waals surface area contributed by atoms with E-state index in [1.54, 1.807) is 0 Å². The quantitative estimate of drug-likeness (QED) is 0.847. The van der Waals surface area contributed by atoms with E-state index in [0.29, 0.717) is 17.3 Å².